The molecule has 3 N–H and O–H groups in total. The van der Waals surface area contributed by atoms with Crippen LogP contribution in [0.4, 0.5) is 10.1 Å². The topological polar surface area (TPSA) is 156 Å². The normalized spacial score (nSPS) is 24.0. The number of rotatable bonds is 11. The maximum atomic E-state index is 14.8. The number of nitrogens with zero attached hydrogens (tertiary/aromatic N) is 2. The lowest BCUT2D eigenvalue weighted by atomic mass is 9.85. The number of fused-ring (bicyclic) bond motifs is 1. The first-order valence-corrected chi connectivity index (χ1v) is 19.3. The van der Waals surface area contributed by atoms with Crippen molar-refractivity contribution in [2.24, 2.45) is 5.41 Å². The first kappa shape index (κ1) is 36.4. The summed E-state index contributed by atoms with van der Waals surface area (Å²) in [4.78, 5) is 47.8. The van der Waals surface area contributed by atoms with E-state index in [0.29, 0.717) is 34.4 Å². The molecule has 1 aliphatic heterocycles. The predicted molar refractivity (Wildman–Crippen MR) is 194 cm³/mol. The minimum absolute atomic E-state index is 0.0217. The van der Waals surface area contributed by atoms with Crippen LogP contribution in [-0.4, -0.2) is 82.6 Å². The monoisotopic (exact) mass is 841 g/mol. The number of pyridine rings is 1. The van der Waals surface area contributed by atoms with Crippen molar-refractivity contribution in [3.63, 3.8) is 0 Å². The van der Waals surface area contributed by atoms with Gasteiger partial charge in [-0.2, -0.15) is 0 Å². The van der Waals surface area contributed by atoms with Gasteiger partial charge < -0.3 is 25.0 Å². The number of methoxy groups -OCH3 is 1. The number of carbonyl (C=O) groups excluding carboxylic acids is 3. The van der Waals surface area contributed by atoms with Crippen LogP contribution in [0.15, 0.2) is 48.7 Å². The van der Waals surface area contributed by atoms with E-state index in [1.165, 1.54) is 30.3 Å². The number of benzene rings is 2. The van der Waals surface area contributed by atoms with Gasteiger partial charge in [0, 0.05) is 26.1 Å². The summed E-state index contributed by atoms with van der Waals surface area (Å²) < 4.78 is 53.6. The highest BCUT2D eigenvalue weighted by molar-refractivity contribution is 14.1. The molecule has 3 aromatic rings. The number of alkyl halides is 1. The number of amides is 3. The Labute approximate surface area is 308 Å². The van der Waals surface area contributed by atoms with Gasteiger partial charge in [0.1, 0.15) is 35.3 Å². The standard InChI is InChI=1S/C34H38ClFIN5O7S/c1-33(2,3)28(39-24-8-6-5-7-23(24)36)31(44)42-17-19(49-30-22-13-18(35)9-12-21(22)26(48-4)16-38-30)14-25(42)29(43)40-34(15-27(34)37)32(45)41-50(46,47)20-10-11-20/h5-9,12-13,16,19-20,25,27-28,39H,10-11,14-15,17H2,1-4H3,(H,40,43)(H,41,45)/t19-,25+,27-,28?,34-/m1/s1. The maximum Gasteiger partial charge on any atom is 0.260 e. The number of ether oxygens (including phenoxy) is 2. The summed E-state index contributed by atoms with van der Waals surface area (Å²) in [6, 6.07) is 9.07. The third kappa shape index (κ3) is 7.31. The smallest absolute Gasteiger partial charge is 0.260 e. The number of hydrogen-bond acceptors (Lipinski definition) is 9. The second-order valence-corrected chi connectivity index (χ2v) is 17.9. The molecule has 12 nitrogen and oxygen atoms in total. The molecule has 5 atom stereocenters. The van der Waals surface area contributed by atoms with Crippen LogP contribution in [0.1, 0.15) is 46.5 Å². The molecular formula is C34H38ClFIN5O7S. The van der Waals surface area contributed by atoms with Crippen LogP contribution in [0.5, 0.6) is 11.6 Å². The molecule has 1 saturated heterocycles. The first-order chi connectivity index (χ1) is 23.5. The van der Waals surface area contributed by atoms with Crippen LogP contribution < -0.4 is 24.8 Å². The van der Waals surface area contributed by atoms with Gasteiger partial charge in [0.25, 0.3) is 5.91 Å². The summed E-state index contributed by atoms with van der Waals surface area (Å²) in [5.41, 5.74) is -2.09. The average molecular weight is 842 g/mol. The molecule has 50 heavy (non-hydrogen) atoms. The molecular weight excluding hydrogens is 804 g/mol. The molecule has 6 rings (SSSR count). The van der Waals surface area contributed by atoms with Crippen molar-refractivity contribution in [3.05, 3.63) is 59.5 Å². The molecule has 0 bridgehead atoms. The van der Waals surface area contributed by atoms with Gasteiger partial charge in [-0.25, -0.2) is 17.8 Å². The molecule has 268 valence electrons. The highest BCUT2D eigenvalue weighted by Gasteiger charge is 2.62. The van der Waals surface area contributed by atoms with E-state index in [1.54, 1.807) is 30.3 Å². The van der Waals surface area contributed by atoms with Crippen LogP contribution in [0.25, 0.3) is 10.8 Å². The summed E-state index contributed by atoms with van der Waals surface area (Å²) in [5, 5.41) is 6.92. The minimum atomic E-state index is -3.87. The maximum absolute atomic E-state index is 14.8. The molecule has 0 spiro atoms. The van der Waals surface area contributed by atoms with Crippen molar-refractivity contribution in [3.8, 4) is 11.6 Å². The van der Waals surface area contributed by atoms with Crippen molar-refractivity contribution in [1.29, 1.82) is 0 Å². The largest absolute Gasteiger partial charge is 0.494 e. The van der Waals surface area contributed by atoms with Crippen LogP contribution in [0.3, 0.4) is 0 Å². The summed E-state index contributed by atoms with van der Waals surface area (Å²) in [5.74, 6) is -1.76. The first-order valence-electron chi connectivity index (χ1n) is 16.2. The van der Waals surface area contributed by atoms with Gasteiger partial charge in [0.2, 0.25) is 27.7 Å². The van der Waals surface area contributed by atoms with E-state index in [2.05, 4.69) is 20.3 Å². The lowest BCUT2D eigenvalue weighted by molar-refractivity contribution is -0.141. The number of carbonyl (C=O) groups is 3. The van der Waals surface area contributed by atoms with Crippen LogP contribution >= 0.6 is 34.2 Å². The molecule has 16 heteroatoms. The summed E-state index contributed by atoms with van der Waals surface area (Å²) in [6.07, 6.45) is 1.95. The lowest BCUT2D eigenvalue weighted by Crippen LogP contribution is -2.58. The van der Waals surface area contributed by atoms with Gasteiger partial charge >= 0.3 is 0 Å². The Morgan fingerprint density at radius 1 is 1.14 bits per heavy atom. The number of sulfonamides is 1. The van der Waals surface area contributed by atoms with Crippen molar-refractivity contribution in [1.82, 2.24) is 19.9 Å². The molecule has 1 aromatic heterocycles. The van der Waals surface area contributed by atoms with Crippen LogP contribution in [0.2, 0.25) is 5.02 Å². The molecule has 2 heterocycles. The molecule has 2 aliphatic carbocycles. The Hall–Kier alpha value is -3.44. The summed E-state index contributed by atoms with van der Waals surface area (Å²) >= 11 is 8.32. The SMILES string of the molecule is COc1cnc(O[C@@H]2C[C@@H](C(=O)N[C@]3(C(=O)NS(=O)(=O)C4CC4)C[C@H]3I)N(C(=O)C(Nc3ccccc3F)C(C)(C)C)C2)c2cc(Cl)ccc12. The molecule has 1 unspecified atom stereocenters. The molecule has 3 fully saturated rings. The van der Waals surface area contributed by atoms with E-state index in [1.807, 2.05) is 43.4 Å². The fourth-order valence-electron chi connectivity index (χ4n) is 6.13. The van der Waals surface area contributed by atoms with Crippen molar-refractivity contribution < 1.29 is 36.7 Å². The van der Waals surface area contributed by atoms with Gasteiger partial charge in [-0.15, -0.1) is 0 Å². The molecule has 3 amide bonds. The Kier molecular flexibility index (Phi) is 9.89. The van der Waals surface area contributed by atoms with Gasteiger partial charge in [0.05, 0.1) is 30.8 Å². The number of anilines is 1. The Balaban J connectivity index is 1.31. The Morgan fingerprint density at radius 3 is 2.46 bits per heavy atom. The van der Waals surface area contributed by atoms with Crippen LogP contribution in [-0.2, 0) is 24.4 Å². The zero-order valence-electron chi connectivity index (χ0n) is 27.8. The van der Waals surface area contributed by atoms with E-state index in [4.69, 9.17) is 21.1 Å². The average Bonchev–Trinajstić information content (AvgIpc) is 3.97. The van der Waals surface area contributed by atoms with Crippen molar-refractivity contribution in [2.45, 2.75) is 79.4 Å². The number of halogens is 3. The predicted octanol–water partition coefficient (Wildman–Crippen LogP) is 4.58. The van der Waals surface area contributed by atoms with Crippen LogP contribution in [0, 0.1) is 11.2 Å². The zero-order chi connectivity index (χ0) is 36.2. The Bertz CT molecular complexity index is 1960. The Morgan fingerprint density at radius 2 is 1.84 bits per heavy atom. The van der Waals surface area contributed by atoms with Crippen molar-refractivity contribution >= 4 is 78.4 Å². The number of aromatic nitrogens is 1. The van der Waals surface area contributed by atoms with Gasteiger partial charge in [-0.1, -0.05) is 67.1 Å². The molecule has 2 saturated carbocycles. The lowest BCUT2D eigenvalue weighted by Gasteiger charge is -2.36. The minimum Gasteiger partial charge on any atom is -0.494 e. The molecule has 2 aromatic carbocycles. The van der Waals surface area contributed by atoms with Gasteiger partial charge in [-0.05, 0) is 55.0 Å². The van der Waals surface area contributed by atoms with E-state index in [9.17, 15) is 27.2 Å². The van der Waals surface area contributed by atoms with Gasteiger partial charge in [-0.3, -0.25) is 19.1 Å². The summed E-state index contributed by atoms with van der Waals surface area (Å²) in [7, 11) is -2.35. The highest BCUT2D eigenvalue weighted by atomic mass is 127. The van der Waals surface area contributed by atoms with Gasteiger partial charge in [0.15, 0.2) is 0 Å². The molecule has 0 radical (unpaired) electrons. The van der Waals surface area contributed by atoms with E-state index >= 15 is 0 Å². The highest BCUT2D eigenvalue weighted by Crippen LogP contribution is 2.44. The third-order valence-corrected chi connectivity index (χ3v) is 12.8. The fraction of sp³-hybridized carbons (Fsp3) is 0.471. The quantitative estimate of drug-likeness (QED) is 0.186. The zero-order valence-corrected chi connectivity index (χ0v) is 31.6. The van der Waals surface area contributed by atoms with E-state index < -0.39 is 68.0 Å². The van der Waals surface area contributed by atoms with E-state index in [0.717, 1.165) is 0 Å². The number of nitrogens with one attached hydrogen (secondary N) is 3. The second kappa shape index (κ2) is 13.6. The molecule has 3 aliphatic rings. The second-order valence-electron chi connectivity index (χ2n) is 14.0. The number of likely N-dealkylation sites (tertiary alicyclic amines) is 1. The number of para-hydroxylation sites is 1. The van der Waals surface area contributed by atoms with E-state index in [-0.39, 0.29) is 34.9 Å². The number of hydrogen-bond donors (Lipinski definition) is 3. The summed E-state index contributed by atoms with van der Waals surface area (Å²) in [6.45, 7) is 5.43. The third-order valence-electron chi connectivity index (χ3n) is 9.24. The van der Waals surface area contributed by atoms with Crippen molar-refractivity contribution in [2.75, 3.05) is 19.0 Å². The fourth-order valence-corrected chi connectivity index (χ4v) is 8.80.